The molecular formula is C16H23NO3. The molecule has 0 fully saturated rings. The zero-order chi connectivity index (χ0) is 14.9. The number of benzene rings is 1. The van der Waals surface area contributed by atoms with Gasteiger partial charge >= 0.3 is 6.09 Å². The lowest BCUT2D eigenvalue weighted by atomic mass is 9.93. The summed E-state index contributed by atoms with van der Waals surface area (Å²) >= 11 is 0. The molecular weight excluding hydrogens is 254 g/mol. The number of ether oxygens (including phenoxy) is 1. The second-order valence-electron chi connectivity index (χ2n) is 6.31. The van der Waals surface area contributed by atoms with E-state index in [2.05, 4.69) is 6.07 Å². The van der Waals surface area contributed by atoms with Crippen molar-refractivity contribution in [1.29, 1.82) is 0 Å². The Labute approximate surface area is 120 Å². The van der Waals surface area contributed by atoms with Gasteiger partial charge in [0, 0.05) is 13.1 Å². The van der Waals surface area contributed by atoms with Crippen LogP contribution in [0.15, 0.2) is 18.2 Å². The first kappa shape index (κ1) is 14.9. The smallest absolute Gasteiger partial charge is 0.410 e. The Bertz CT molecular complexity index is 503. The van der Waals surface area contributed by atoms with Gasteiger partial charge in [0.1, 0.15) is 5.60 Å². The van der Waals surface area contributed by atoms with Gasteiger partial charge < -0.3 is 14.7 Å². The number of hydrogen-bond donors (Lipinski definition) is 1. The third-order valence-corrected chi connectivity index (χ3v) is 3.41. The Morgan fingerprint density at radius 1 is 1.40 bits per heavy atom. The van der Waals surface area contributed by atoms with Crippen LogP contribution in [0.5, 0.6) is 0 Å². The van der Waals surface area contributed by atoms with Crippen molar-refractivity contribution in [2.75, 3.05) is 6.54 Å². The van der Waals surface area contributed by atoms with Crippen molar-refractivity contribution in [1.82, 2.24) is 4.90 Å². The molecule has 1 aliphatic heterocycles. The number of rotatable bonds is 1. The van der Waals surface area contributed by atoms with Gasteiger partial charge in [0.2, 0.25) is 0 Å². The average molecular weight is 277 g/mol. The van der Waals surface area contributed by atoms with Crippen LogP contribution in [0.2, 0.25) is 0 Å². The van der Waals surface area contributed by atoms with Gasteiger partial charge in [-0.25, -0.2) is 4.79 Å². The fourth-order valence-electron chi connectivity index (χ4n) is 2.48. The van der Waals surface area contributed by atoms with Crippen molar-refractivity contribution < 1.29 is 14.6 Å². The quantitative estimate of drug-likeness (QED) is 0.858. The molecule has 4 heteroatoms. The average Bonchev–Trinajstić information content (AvgIpc) is 2.35. The molecule has 2 rings (SSSR count). The summed E-state index contributed by atoms with van der Waals surface area (Å²) in [4.78, 5) is 13.9. The summed E-state index contributed by atoms with van der Waals surface area (Å²) in [6.07, 6.45) is -0.0122. The summed E-state index contributed by atoms with van der Waals surface area (Å²) in [6.45, 7) is 8.51. The molecule has 0 saturated carbocycles. The van der Waals surface area contributed by atoms with Gasteiger partial charge in [0.25, 0.3) is 0 Å². The van der Waals surface area contributed by atoms with Gasteiger partial charge in [-0.1, -0.05) is 18.2 Å². The van der Waals surface area contributed by atoms with E-state index in [-0.39, 0.29) is 6.09 Å². The van der Waals surface area contributed by atoms with Crippen LogP contribution in [0.25, 0.3) is 0 Å². The fraction of sp³-hybridized carbons (Fsp3) is 0.562. The molecule has 1 heterocycles. The highest BCUT2D eigenvalue weighted by molar-refractivity contribution is 5.68. The number of aliphatic hydroxyl groups excluding tert-OH is 1. The molecule has 1 aromatic carbocycles. The van der Waals surface area contributed by atoms with Crippen molar-refractivity contribution in [2.24, 2.45) is 0 Å². The van der Waals surface area contributed by atoms with E-state index < -0.39 is 11.7 Å². The molecule has 0 saturated heterocycles. The van der Waals surface area contributed by atoms with Crippen molar-refractivity contribution in [3.05, 3.63) is 34.9 Å². The van der Waals surface area contributed by atoms with Crippen molar-refractivity contribution in [2.45, 2.75) is 52.4 Å². The zero-order valence-electron chi connectivity index (χ0n) is 12.6. The van der Waals surface area contributed by atoms with Crippen molar-refractivity contribution >= 4 is 6.09 Å². The standard InChI is InChI=1S/C16H23NO3/c1-11(18)13-7-5-6-12-8-9-17(10-14(12)13)15(19)20-16(2,3)4/h5-7,11,18H,8-10H2,1-4H3. The first-order valence-corrected chi connectivity index (χ1v) is 7.04. The third kappa shape index (κ3) is 3.31. The molecule has 1 unspecified atom stereocenters. The molecule has 1 atom stereocenters. The molecule has 1 N–H and O–H groups in total. The number of carbonyl (C=O) groups excluding carboxylic acids is 1. The number of amides is 1. The number of aliphatic hydroxyl groups is 1. The summed E-state index contributed by atoms with van der Waals surface area (Å²) in [5.74, 6) is 0. The van der Waals surface area contributed by atoms with Crippen LogP contribution < -0.4 is 0 Å². The third-order valence-electron chi connectivity index (χ3n) is 3.41. The Morgan fingerprint density at radius 3 is 2.70 bits per heavy atom. The van der Waals surface area contributed by atoms with Gasteiger partial charge in [0.15, 0.2) is 0 Å². The second-order valence-corrected chi connectivity index (χ2v) is 6.31. The molecule has 1 aliphatic rings. The molecule has 0 bridgehead atoms. The van der Waals surface area contributed by atoms with Crippen LogP contribution in [0.3, 0.4) is 0 Å². The number of nitrogens with zero attached hydrogens (tertiary/aromatic N) is 1. The predicted octanol–water partition coefficient (Wildman–Crippen LogP) is 3.03. The van der Waals surface area contributed by atoms with Crippen LogP contribution in [0.4, 0.5) is 4.79 Å². The number of carbonyl (C=O) groups is 1. The van der Waals surface area contributed by atoms with Crippen molar-refractivity contribution in [3.63, 3.8) is 0 Å². The summed E-state index contributed by atoms with van der Waals surface area (Å²) < 4.78 is 5.42. The van der Waals surface area contributed by atoms with E-state index in [4.69, 9.17) is 4.74 Å². The van der Waals surface area contributed by atoms with Crippen LogP contribution in [0.1, 0.15) is 50.5 Å². The monoisotopic (exact) mass is 277 g/mol. The molecule has 1 amide bonds. The maximum atomic E-state index is 12.1. The van der Waals surface area contributed by atoms with E-state index in [1.165, 1.54) is 5.56 Å². The fourth-order valence-corrected chi connectivity index (χ4v) is 2.48. The van der Waals surface area contributed by atoms with E-state index in [1.807, 2.05) is 32.9 Å². The second kappa shape index (κ2) is 5.44. The van der Waals surface area contributed by atoms with Crippen molar-refractivity contribution in [3.8, 4) is 0 Å². The molecule has 1 aromatic rings. The first-order chi connectivity index (χ1) is 9.28. The van der Waals surface area contributed by atoms with E-state index in [0.717, 1.165) is 17.5 Å². The number of hydrogen-bond acceptors (Lipinski definition) is 3. The van der Waals surface area contributed by atoms with Gasteiger partial charge in [-0.2, -0.15) is 0 Å². The minimum atomic E-state index is -0.525. The summed E-state index contributed by atoms with van der Waals surface area (Å²) in [6, 6.07) is 5.94. The largest absolute Gasteiger partial charge is 0.444 e. The lowest BCUT2D eigenvalue weighted by Crippen LogP contribution is -2.40. The van der Waals surface area contributed by atoms with Crippen LogP contribution in [-0.2, 0) is 17.7 Å². The topological polar surface area (TPSA) is 49.8 Å². The summed E-state index contributed by atoms with van der Waals surface area (Å²) in [5.41, 5.74) is 2.68. The summed E-state index contributed by atoms with van der Waals surface area (Å²) in [5, 5.41) is 9.86. The van der Waals surface area contributed by atoms with E-state index >= 15 is 0 Å². The van der Waals surface area contributed by atoms with Crippen LogP contribution in [0, 0.1) is 0 Å². The first-order valence-electron chi connectivity index (χ1n) is 7.04. The van der Waals surface area contributed by atoms with Gasteiger partial charge in [0.05, 0.1) is 6.10 Å². The maximum Gasteiger partial charge on any atom is 0.410 e. The molecule has 110 valence electrons. The highest BCUT2D eigenvalue weighted by Crippen LogP contribution is 2.27. The molecule has 20 heavy (non-hydrogen) atoms. The molecule has 0 spiro atoms. The zero-order valence-corrected chi connectivity index (χ0v) is 12.6. The minimum absolute atomic E-state index is 0.288. The van der Waals surface area contributed by atoms with E-state index in [0.29, 0.717) is 13.1 Å². The highest BCUT2D eigenvalue weighted by Gasteiger charge is 2.27. The van der Waals surface area contributed by atoms with E-state index in [1.54, 1.807) is 11.8 Å². The Hall–Kier alpha value is -1.55. The Balaban J connectivity index is 2.20. The minimum Gasteiger partial charge on any atom is -0.444 e. The molecule has 0 radical (unpaired) electrons. The number of fused-ring (bicyclic) bond motifs is 1. The van der Waals surface area contributed by atoms with E-state index in [9.17, 15) is 9.90 Å². The molecule has 0 aliphatic carbocycles. The van der Waals surface area contributed by atoms with Gasteiger partial charge in [-0.15, -0.1) is 0 Å². The Kier molecular flexibility index (Phi) is 4.04. The Morgan fingerprint density at radius 2 is 2.10 bits per heavy atom. The molecule has 4 nitrogen and oxygen atoms in total. The predicted molar refractivity (Wildman–Crippen MR) is 77.4 cm³/mol. The SMILES string of the molecule is CC(O)c1cccc2c1CN(C(=O)OC(C)(C)C)CC2. The lowest BCUT2D eigenvalue weighted by molar-refractivity contribution is 0.0221. The van der Waals surface area contributed by atoms with Gasteiger partial charge in [-0.05, 0) is 50.8 Å². The highest BCUT2D eigenvalue weighted by atomic mass is 16.6. The summed E-state index contributed by atoms with van der Waals surface area (Å²) in [7, 11) is 0. The van der Waals surface area contributed by atoms with Crippen LogP contribution >= 0.6 is 0 Å². The maximum absolute atomic E-state index is 12.1. The lowest BCUT2D eigenvalue weighted by Gasteiger charge is -2.32. The molecule has 0 aromatic heterocycles. The normalized spacial score (nSPS) is 16.6. The van der Waals surface area contributed by atoms with Gasteiger partial charge in [-0.3, -0.25) is 0 Å². The van der Waals surface area contributed by atoms with Crippen LogP contribution in [-0.4, -0.2) is 28.2 Å².